The molecule has 0 bridgehead atoms. The van der Waals surface area contributed by atoms with E-state index in [0.717, 1.165) is 18.9 Å². The molecule has 0 unspecified atom stereocenters. The first-order valence-corrected chi connectivity index (χ1v) is 6.76. The molecule has 1 saturated carbocycles. The maximum absolute atomic E-state index is 11.9. The Labute approximate surface area is 111 Å². The second-order valence-corrected chi connectivity index (χ2v) is 5.20. The third kappa shape index (κ3) is 2.54. The normalized spacial score (nSPS) is 15.4. The van der Waals surface area contributed by atoms with Gasteiger partial charge in [-0.3, -0.25) is 9.78 Å². The van der Waals surface area contributed by atoms with Crippen molar-refractivity contribution in [2.24, 2.45) is 5.92 Å². The van der Waals surface area contributed by atoms with Crippen LogP contribution < -0.4 is 16.6 Å². The van der Waals surface area contributed by atoms with Gasteiger partial charge >= 0.3 is 0 Å². The van der Waals surface area contributed by atoms with Crippen molar-refractivity contribution in [3.8, 4) is 0 Å². The monoisotopic (exact) mass is 258 g/mol. The van der Waals surface area contributed by atoms with Crippen molar-refractivity contribution in [1.29, 1.82) is 0 Å². The van der Waals surface area contributed by atoms with Gasteiger partial charge in [-0.15, -0.1) is 0 Å². The molecule has 4 N–H and O–H groups in total. The number of aromatic amines is 1. The van der Waals surface area contributed by atoms with Crippen molar-refractivity contribution in [3.05, 3.63) is 28.6 Å². The minimum Gasteiger partial charge on any atom is -0.399 e. The fraction of sp³-hybridized carbons (Fsp3) is 0.429. The van der Waals surface area contributed by atoms with Crippen molar-refractivity contribution in [2.45, 2.75) is 25.7 Å². The summed E-state index contributed by atoms with van der Waals surface area (Å²) in [6.45, 7) is 0.855. The maximum atomic E-state index is 11.9. The second kappa shape index (κ2) is 4.91. The molecule has 0 spiro atoms. The van der Waals surface area contributed by atoms with Crippen LogP contribution in [0.4, 0.5) is 11.6 Å². The minimum absolute atomic E-state index is 0.150. The lowest BCUT2D eigenvalue weighted by molar-refractivity contribution is 0.303. The van der Waals surface area contributed by atoms with Gasteiger partial charge in [0.25, 0.3) is 5.56 Å². The first-order chi connectivity index (χ1) is 9.22. The van der Waals surface area contributed by atoms with Gasteiger partial charge in [0.1, 0.15) is 0 Å². The van der Waals surface area contributed by atoms with E-state index in [1.807, 2.05) is 0 Å². The standard InChI is InChI=1S/C14H18N4O/c15-10-4-5-12-11(8-10)13(19)18-14(17-12)16-7-6-9-2-1-3-9/h4-5,8-9H,1-3,6-7,15H2,(H2,16,17,18,19). The lowest BCUT2D eigenvalue weighted by atomic mass is 9.83. The van der Waals surface area contributed by atoms with Crippen LogP contribution >= 0.6 is 0 Å². The summed E-state index contributed by atoms with van der Waals surface area (Å²) in [7, 11) is 0. The van der Waals surface area contributed by atoms with Gasteiger partial charge in [-0.05, 0) is 30.5 Å². The average Bonchev–Trinajstić information content (AvgIpc) is 2.33. The smallest absolute Gasteiger partial charge is 0.260 e. The van der Waals surface area contributed by atoms with Gasteiger partial charge in [0.2, 0.25) is 5.95 Å². The molecule has 1 fully saturated rings. The molecule has 0 aliphatic heterocycles. The third-order valence-electron chi connectivity index (χ3n) is 3.80. The molecule has 1 aliphatic carbocycles. The van der Waals surface area contributed by atoms with Gasteiger partial charge in [-0.25, -0.2) is 4.98 Å². The molecular weight excluding hydrogens is 240 g/mol. The van der Waals surface area contributed by atoms with E-state index in [4.69, 9.17) is 5.73 Å². The molecule has 3 rings (SSSR count). The van der Waals surface area contributed by atoms with E-state index in [1.165, 1.54) is 19.3 Å². The van der Waals surface area contributed by atoms with Crippen LogP contribution in [0.3, 0.4) is 0 Å². The highest BCUT2D eigenvalue weighted by Crippen LogP contribution is 2.29. The number of nitrogens with one attached hydrogen (secondary N) is 2. The first kappa shape index (κ1) is 12.0. The van der Waals surface area contributed by atoms with Crippen molar-refractivity contribution >= 4 is 22.5 Å². The molecule has 1 heterocycles. The summed E-state index contributed by atoms with van der Waals surface area (Å²) in [6.07, 6.45) is 5.17. The molecule has 0 amide bonds. The lowest BCUT2D eigenvalue weighted by Gasteiger charge is -2.25. The highest BCUT2D eigenvalue weighted by Gasteiger charge is 2.16. The molecule has 19 heavy (non-hydrogen) atoms. The Bertz CT molecular complexity index is 645. The van der Waals surface area contributed by atoms with Crippen LogP contribution in [0, 0.1) is 5.92 Å². The number of benzene rings is 1. The van der Waals surface area contributed by atoms with E-state index in [2.05, 4.69) is 15.3 Å². The molecule has 100 valence electrons. The van der Waals surface area contributed by atoms with Crippen LogP contribution in [0.15, 0.2) is 23.0 Å². The van der Waals surface area contributed by atoms with Crippen LogP contribution in [0.2, 0.25) is 0 Å². The summed E-state index contributed by atoms with van der Waals surface area (Å²) in [5.41, 5.74) is 6.77. The summed E-state index contributed by atoms with van der Waals surface area (Å²) in [4.78, 5) is 19.1. The van der Waals surface area contributed by atoms with Gasteiger partial charge in [-0.1, -0.05) is 19.3 Å². The van der Waals surface area contributed by atoms with Crippen LogP contribution in [-0.4, -0.2) is 16.5 Å². The van der Waals surface area contributed by atoms with Crippen molar-refractivity contribution in [2.75, 3.05) is 17.6 Å². The van der Waals surface area contributed by atoms with Gasteiger partial charge in [0.05, 0.1) is 10.9 Å². The number of hydrogen-bond donors (Lipinski definition) is 3. The summed E-state index contributed by atoms with van der Waals surface area (Å²) in [5.74, 6) is 1.39. The highest BCUT2D eigenvalue weighted by molar-refractivity contribution is 5.81. The van der Waals surface area contributed by atoms with Crippen LogP contribution in [0.5, 0.6) is 0 Å². The largest absolute Gasteiger partial charge is 0.399 e. The molecule has 0 radical (unpaired) electrons. The van der Waals surface area contributed by atoms with Crippen LogP contribution in [0.1, 0.15) is 25.7 Å². The molecule has 2 aromatic rings. The second-order valence-electron chi connectivity index (χ2n) is 5.20. The zero-order valence-electron chi connectivity index (χ0n) is 10.8. The average molecular weight is 258 g/mol. The molecule has 5 nitrogen and oxygen atoms in total. The van der Waals surface area contributed by atoms with Gasteiger partial charge in [-0.2, -0.15) is 0 Å². The lowest BCUT2D eigenvalue weighted by Crippen LogP contribution is -2.18. The number of anilines is 2. The maximum Gasteiger partial charge on any atom is 0.260 e. The topological polar surface area (TPSA) is 83.8 Å². The van der Waals surface area contributed by atoms with E-state index in [1.54, 1.807) is 18.2 Å². The number of fused-ring (bicyclic) bond motifs is 1. The minimum atomic E-state index is -0.150. The number of hydrogen-bond acceptors (Lipinski definition) is 4. The number of rotatable bonds is 4. The van der Waals surface area contributed by atoms with E-state index < -0.39 is 0 Å². The summed E-state index contributed by atoms with van der Waals surface area (Å²) in [6, 6.07) is 5.18. The molecule has 0 atom stereocenters. The van der Waals surface area contributed by atoms with E-state index in [9.17, 15) is 4.79 Å². The quantitative estimate of drug-likeness (QED) is 0.733. The third-order valence-corrected chi connectivity index (χ3v) is 3.80. The van der Waals surface area contributed by atoms with E-state index in [0.29, 0.717) is 22.5 Å². The Kier molecular flexibility index (Phi) is 3.11. The molecule has 1 aliphatic rings. The van der Waals surface area contributed by atoms with Crippen LogP contribution in [0.25, 0.3) is 10.9 Å². The van der Waals surface area contributed by atoms with Crippen molar-refractivity contribution in [1.82, 2.24) is 9.97 Å². The van der Waals surface area contributed by atoms with Crippen molar-refractivity contribution < 1.29 is 0 Å². The summed E-state index contributed by atoms with van der Waals surface area (Å²) < 4.78 is 0. The van der Waals surface area contributed by atoms with Gasteiger partial charge < -0.3 is 11.1 Å². The Balaban J connectivity index is 1.76. The van der Waals surface area contributed by atoms with Crippen LogP contribution in [-0.2, 0) is 0 Å². The number of H-pyrrole nitrogens is 1. The highest BCUT2D eigenvalue weighted by atomic mass is 16.1. The number of nitrogen functional groups attached to an aromatic ring is 1. The zero-order valence-corrected chi connectivity index (χ0v) is 10.8. The Morgan fingerprint density at radius 1 is 1.42 bits per heavy atom. The zero-order chi connectivity index (χ0) is 13.2. The van der Waals surface area contributed by atoms with Crippen molar-refractivity contribution in [3.63, 3.8) is 0 Å². The SMILES string of the molecule is Nc1ccc2nc(NCCC3CCC3)[nH]c(=O)c2c1. The first-order valence-electron chi connectivity index (χ1n) is 6.76. The predicted octanol–water partition coefficient (Wildman–Crippen LogP) is 2.11. The Morgan fingerprint density at radius 3 is 3.00 bits per heavy atom. The predicted molar refractivity (Wildman–Crippen MR) is 77.2 cm³/mol. The molecule has 1 aromatic carbocycles. The Hall–Kier alpha value is -2.04. The van der Waals surface area contributed by atoms with Gasteiger partial charge in [0, 0.05) is 12.2 Å². The summed E-state index contributed by atoms with van der Waals surface area (Å²) >= 11 is 0. The van der Waals surface area contributed by atoms with E-state index >= 15 is 0 Å². The molecule has 1 aromatic heterocycles. The molecular formula is C14H18N4O. The number of nitrogens with two attached hydrogens (primary N) is 1. The molecule has 0 saturated heterocycles. The molecule has 5 heteroatoms. The fourth-order valence-electron chi connectivity index (χ4n) is 2.42. The number of nitrogens with zero attached hydrogens (tertiary/aromatic N) is 1. The number of aromatic nitrogens is 2. The van der Waals surface area contributed by atoms with E-state index in [-0.39, 0.29) is 5.56 Å². The van der Waals surface area contributed by atoms with Gasteiger partial charge in [0.15, 0.2) is 0 Å². The fourth-order valence-corrected chi connectivity index (χ4v) is 2.42. The Morgan fingerprint density at radius 2 is 2.26 bits per heavy atom. The summed E-state index contributed by atoms with van der Waals surface area (Å²) in [5, 5.41) is 3.73.